The fourth-order valence-corrected chi connectivity index (χ4v) is 0.539. The third-order valence-electron chi connectivity index (χ3n) is 0.887. The summed E-state index contributed by atoms with van der Waals surface area (Å²) in [5.41, 5.74) is 0. The van der Waals surface area contributed by atoms with Crippen LogP contribution in [0, 0.1) is 0 Å². The highest BCUT2D eigenvalue weighted by Gasteiger charge is 1.94. The van der Waals surface area contributed by atoms with E-state index in [4.69, 9.17) is 12.6 Å². The van der Waals surface area contributed by atoms with Crippen LogP contribution in [0.5, 0.6) is 0 Å². The van der Waals surface area contributed by atoms with Crippen molar-refractivity contribution >= 4 is 12.6 Å². The standard InChI is InChI=1S/C5H12NS/c1-3-5(7)4-6-2/h5-6H,3-4H2,1-2H3. The smallest absolute Gasteiger partial charge is 0.0273 e. The molecule has 1 N–H and O–H groups in total. The Kier molecular flexibility index (Phi) is 4.67. The molecule has 0 heterocycles. The van der Waals surface area contributed by atoms with E-state index in [0.717, 1.165) is 13.0 Å². The molecule has 0 spiro atoms. The van der Waals surface area contributed by atoms with Crippen molar-refractivity contribution in [1.82, 2.24) is 5.32 Å². The van der Waals surface area contributed by atoms with E-state index >= 15 is 0 Å². The molecule has 2 heteroatoms. The molecule has 0 rings (SSSR count). The molecular formula is C5H12NS. The van der Waals surface area contributed by atoms with E-state index < -0.39 is 0 Å². The second-order valence-electron chi connectivity index (χ2n) is 1.59. The highest BCUT2D eigenvalue weighted by molar-refractivity contribution is 7.81. The Labute approximate surface area is 50.9 Å². The van der Waals surface area contributed by atoms with E-state index in [2.05, 4.69) is 12.2 Å². The Morgan fingerprint density at radius 3 is 2.43 bits per heavy atom. The van der Waals surface area contributed by atoms with Gasteiger partial charge in [0.25, 0.3) is 0 Å². The maximum atomic E-state index is 4.98. The van der Waals surface area contributed by atoms with Gasteiger partial charge in [0.15, 0.2) is 0 Å². The zero-order chi connectivity index (χ0) is 5.70. The average molecular weight is 118 g/mol. The van der Waals surface area contributed by atoms with Crippen LogP contribution in [-0.2, 0) is 0 Å². The Morgan fingerprint density at radius 1 is 1.71 bits per heavy atom. The molecule has 0 amide bonds. The van der Waals surface area contributed by atoms with E-state index in [1.54, 1.807) is 0 Å². The zero-order valence-electron chi connectivity index (χ0n) is 4.90. The molecule has 1 atom stereocenters. The van der Waals surface area contributed by atoms with E-state index in [1.165, 1.54) is 0 Å². The molecule has 0 aliphatic carbocycles. The molecule has 0 saturated carbocycles. The summed E-state index contributed by atoms with van der Waals surface area (Å²) in [4.78, 5) is 0. The lowest BCUT2D eigenvalue weighted by molar-refractivity contribution is 0.730. The monoisotopic (exact) mass is 118 g/mol. The summed E-state index contributed by atoms with van der Waals surface area (Å²) in [5.74, 6) is 0. The molecule has 0 bridgehead atoms. The summed E-state index contributed by atoms with van der Waals surface area (Å²) in [5, 5.41) is 3.44. The molecular weight excluding hydrogens is 106 g/mol. The quantitative estimate of drug-likeness (QED) is 0.587. The average Bonchev–Trinajstić information content (AvgIpc) is 1.68. The number of rotatable bonds is 3. The summed E-state index contributed by atoms with van der Waals surface area (Å²) in [7, 11) is 1.93. The number of hydrogen-bond acceptors (Lipinski definition) is 1. The van der Waals surface area contributed by atoms with Crippen LogP contribution >= 0.6 is 12.6 Å². The van der Waals surface area contributed by atoms with Crippen molar-refractivity contribution < 1.29 is 0 Å². The molecule has 7 heavy (non-hydrogen) atoms. The fourth-order valence-electron chi connectivity index (χ4n) is 0.372. The van der Waals surface area contributed by atoms with Gasteiger partial charge in [-0.2, -0.15) is 0 Å². The van der Waals surface area contributed by atoms with E-state index in [1.807, 2.05) is 7.05 Å². The largest absolute Gasteiger partial charge is 0.319 e. The lowest BCUT2D eigenvalue weighted by Crippen LogP contribution is -2.17. The van der Waals surface area contributed by atoms with Crippen LogP contribution in [0.15, 0.2) is 0 Å². The van der Waals surface area contributed by atoms with Crippen molar-refractivity contribution in [2.75, 3.05) is 13.6 Å². The molecule has 0 fully saturated rings. The minimum absolute atomic E-state index is 0.421. The Hall–Kier alpha value is 0.310. The minimum Gasteiger partial charge on any atom is -0.319 e. The van der Waals surface area contributed by atoms with Gasteiger partial charge >= 0.3 is 0 Å². The third kappa shape index (κ3) is 4.16. The Morgan fingerprint density at radius 2 is 2.29 bits per heavy atom. The van der Waals surface area contributed by atoms with Gasteiger partial charge in [-0.1, -0.05) is 19.6 Å². The van der Waals surface area contributed by atoms with Crippen LogP contribution in [0.3, 0.4) is 0 Å². The highest BCUT2D eigenvalue weighted by Crippen LogP contribution is 1.95. The van der Waals surface area contributed by atoms with Crippen LogP contribution in [0.1, 0.15) is 13.3 Å². The van der Waals surface area contributed by atoms with Crippen molar-refractivity contribution in [1.29, 1.82) is 0 Å². The third-order valence-corrected chi connectivity index (χ3v) is 1.39. The van der Waals surface area contributed by atoms with Crippen molar-refractivity contribution in [3.8, 4) is 0 Å². The SMILES string of the molecule is CCC([S])CNC. The Bertz CT molecular complexity index is 39.1. The fraction of sp³-hybridized carbons (Fsp3) is 1.00. The molecule has 0 aliphatic heterocycles. The lowest BCUT2D eigenvalue weighted by Gasteiger charge is -2.02. The molecule has 43 valence electrons. The van der Waals surface area contributed by atoms with Crippen molar-refractivity contribution in [2.24, 2.45) is 0 Å². The highest BCUT2D eigenvalue weighted by atomic mass is 32.1. The molecule has 0 aliphatic rings. The van der Waals surface area contributed by atoms with Gasteiger partial charge in [0, 0.05) is 11.8 Å². The van der Waals surface area contributed by atoms with Gasteiger partial charge in [-0.15, -0.1) is 0 Å². The van der Waals surface area contributed by atoms with E-state index in [0.29, 0.717) is 5.25 Å². The second-order valence-corrected chi connectivity index (χ2v) is 2.25. The van der Waals surface area contributed by atoms with Crippen LogP contribution < -0.4 is 5.32 Å². The molecule has 1 nitrogen and oxygen atoms in total. The molecule has 1 radical (unpaired) electrons. The molecule has 0 saturated heterocycles. The van der Waals surface area contributed by atoms with Crippen molar-refractivity contribution in [2.45, 2.75) is 18.6 Å². The topological polar surface area (TPSA) is 12.0 Å². The minimum atomic E-state index is 0.421. The second kappa shape index (κ2) is 4.47. The molecule has 1 unspecified atom stereocenters. The van der Waals surface area contributed by atoms with E-state index in [-0.39, 0.29) is 0 Å². The van der Waals surface area contributed by atoms with Crippen molar-refractivity contribution in [3.05, 3.63) is 0 Å². The summed E-state index contributed by atoms with van der Waals surface area (Å²) >= 11 is 4.98. The van der Waals surface area contributed by atoms with Gasteiger partial charge in [0.1, 0.15) is 0 Å². The number of nitrogens with one attached hydrogen (secondary N) is 1. The van der Waals surface area contributed by atoms with Crippen LogP contribution in [0.25, 0.3) is 0 Å². The lowest BCUT2D eigenvalue weighted by atomic mass is 10.3. The van der Waals surface area contributed by atoms with Crippen LogP contribution in [0.4, 0.5) is 0 Å². The van der Waals surface area contributed by atoms with Gasteiger partial charge < -0.3 is 5.32 Å². The van der Waals surface area contributed by atoms with Gasteiger partial charge in [0.2, 0.25) is 0 Å². The summed E-state index contributed by atoms with van der Waals surface area (Å²) < 4.78 is 0. The van der Waals surface area contributed by atoms with Gasteiger partial charge in [0.05, 0.1) is 0 Å². The van der Waals surface area contributed by atoms with E-state index in [9.17, 15) is 0 Å². The van der Waals surface area contributed by atoms with Gasteiger partial charge in [-0.05, 0) is 13.5 Å². The Balaban J connectivity index is 2.83. The van der Waals surface area contributed by atoms with Crippen molar-refractivity contribution in [3.63, 3.8) is 0 Å². The normalized spacial score (nSPS) is 14.1. The van der Waals surface area contributed by atoms with Crippen LogP contribution in [-0.4, -0.2) is 18.8 Å². The molecule has 0 aromatic heterocycles. The summed E-state index contributed by atoms with van der Waals surface area (Å²) in [6.07, 6.45) is 1.09. The molecule has 0 aromatic rings. The zero-order valence-corrected chi connectivity index (χ0v) is 5.72. The predicted octanol–water partition coefficient (Wildman–Crippen LogP) is 1.18. The van der Waals surface area contributed by atoms with Crippen LogP contribution in [0.2, 0.25) is 0 Å². The maximum absolute atomic E-state index is 4.98. The first kappa shape index (κ1) is 7.31. The first-order valence-electron chi connectivity index (χ1n) is 2.61. The summed E-state index contributed by atoms with van der Waals surface area (Å²) in [6, 6.07) is 0. The first-order valence-corrected chi connectivity index (χ1v) is 3.08. The first-order chi connectivity index (χ1) is 3.31. The summed E-state index contributed by atoms with van der Waals surface area (Å²) in [6.45, 7) is 3.07. The van der Waals surface area contributed by atoms with Gasteiger partial charge in [-0.3, -0.25) is 0 Å². The maximum Gasteiger partial charge on any atom is 0.0273 e. The van der Waals surface area contributed by atoms with Gasteiger partial charge in [-0.25, -0.2) is 0 Å². The predicted molar refractivity (Wildman–Crippen MR) is 35.6 cm³/mol. The molecule has 0 aromatic carbocycles. The number of hydrogen-bond donors (Lipinski definition) is 1.